The number of nitrogens with one attached hydrogen (secondary N) is 2. The number of anilines is 2. The van der Waals surface area contributed by atoms with Gasteiger partial charge in [0.05, 0.1) is 11.9 Å². The van der Waals surface area contributed by atoms with Crippen molar-refractivity contribution in [3.63, 3.8) is 0 Å². The predicted octanol–water partition coefficient (Wildman–Crippen LogP) is 0.614. The first-order valence-electron chi connectivity index (χ1n) is 5.94. The van der Waals surface area contributed by atoms with Crippen molar-refractivity contribution < 1.29 is 9.59 Å². The van der Waals surface area contributed by atoms with Crippen molar-refractivity contribution in [2.24, 2.45) is 7.05 Å². The van der Waals surface area contributed by atoms with E-state index in [1.54, 1.807) is 38.4 Å². The Bertz CT molecular complexity index is 626. The topological polar surface area (TPSA) is 102 Å². The summed E-state index contributed by atoms with van der Waals surface area (Å²) in [5.74, 6) is -0.533. The number of nitrogen functional groups attached to an aromatic ring is 1. The van der Waals surface area contributed by atoms with Crippen LogP contribution in [0.1, 0.15) is 20.8 Å². The van der Waals surface area contributed by atoms with Gasteiger partial charge in [0.25, 0.3) is 11.8 Å². The lowest BCUT2D eigenvalue weighted by Gasteiger charge is -2.07. The van der Waals surface area contributed by atoms with Crippen molar-refractivity contribution >= 4 is 23.2 Å². The Hall–Kier alpha value is -2.83. The van der Waals surface area contributed by atoms with Gasteiger partial charge in [-0.25, -0.2) is 0 Å². The molecule has 1 aromatic heterocycles. The standard InChI is InChI=1S/C13H15N5O2/c1-15-12(19)8-3-5-9(6-4-8)17-13(20)11-10(14)7-16-18(11)2/h3-7H,14H2,1-2H3,(H,15,19)(H,17,20). The number of nitrogens with zero attached hydrogens (tertiary/aromatic N) is 2. The Balaban J connectivity index is 2.15. The molecule has 0 unspecified atom stereocenters. The highest BCUT2D eigenvalue weighted by Gasteiger charge is 2.15. The number of benzene rings is 1. The molecule has 4 N–H and O–H groups in total. The second kappa shape index (κ2) is 5.43. The molecule has 0 saturated carbocycles. The Morgan fingerprint density at radius 3 is 2.35 bits per heavy atom. The minimum absolute atomic E-state index is 0.182. The average Bonchev–Trinajstić information content (AvgIpc) is 2.78. The van der Waals surface area contributed by atoms with Crippen LogP contribution in [-0.4, -0.2) is 28.6 Å². The zero-order chi connectivity index (χ0) is 14.7. The lowest BCUT2D eigenvalue weighted by Crippen LogP contribution is -2.19. The van der Waals surface area contributed by atoms with Crippen LogP contribution in [0.15, 0.2) is 30.5 Å². The number of hydrogen-bond acceptors (Lipinski definition) is 4. The quantitative estimate of drug-likeness (QED) is 0.762. The fourth-order valence-corrected chi connectivity index (χ4v) is 1.77. The molecule has 2 aromatic rings. The summed E-state index contributed by atoms with van der Waals surface area (Å²) < 4.78 is 1.41. The van der Waals surface area contributed by atoms with Crippen molar-refractivity contribution in [3.8, 4) is 0 Å². The van der Waals surface area contributed by atoms with Gasteiger partial charge in [-0.15, -0.1) is 0 Å². The van der Waals surface area contributed by atoms with Crippen molar-refractivity contribution in [3.05, 3.63) is 41.7 Å². The molecule has 0 spiro atoms. The van der Waals surface area contributed by atoms with Crippen LogP contribution in [-0.2, 0) is 7.05 Å². The minimum atomic E-state index is -0.352. The maximum absolute atomic E-state index is 12.1. The van der Waals surface area contributed by atoms with Crippen LogP contribution in [0, 0.1) is 0 Å². The SMILES string of the molecule is CNC(=O)c1ccc(NC(=O)c2c(N)cnn2C)cc1. The number of hydrogen-bond donors (Lipinski definition) is 3. The molecule has 0 aliphatic heterocycles. The van der Waals surface area contributed by atoms with Gasteiger partial charge in [0.2, 0.25) is 0 Å². The lowest BCUT2D eigenvalue weighted by molar-refractivity contribution is 0.0962. The van der Waals surface area contributed by atoms with E-state index in [9.17, 15) is 9.59 Å². The zero-order valence-electron chi connectivity index (χ0n) is 11.2. The molecule has 1 heterocycles. The lowest BCUT2D eigenvalue weighted by atomic mass is 10.2. The average molecular weight is 273 g/mol. The number of carbonyl (C=O) groups excluding carboxylic acids is 2. The van der Waals surface area contributed by atoms with Crippen molar-refractivity contribution in [2.75, 3.05) is 18.1 Å². The number of aromatic nitrogens is 2. The fraction of sp³-hybridized carbons (Fsp3) is 0.154. The number of rotatable bonds is 3. The molecule has 7 nitrogen and oxygen atoms in total. The van der Waals surface area contributed by atoms with E-state index in [0.29, 0.717) is 22.6 Å². The molecule has 0 bridgehead atoms. The molecule has 0 saturated heterocycles. The van der Waals surface area contributed by atoms with Crippen LogP contribution in [0.2, 0.25) is 0 Å². The van der Waals surface area contributed by atoms with Crippen LogP contribution in [0.5, 0.6) is 0 Å². The van der Waals surface area contributed by atoms with E-state index in [0.717, 1.165) is 0 Å². The highest BCUT2D eigenvalue weighted by Crippen LogP contribution is 2.14. The molecule has 0 aliphatic rings. The van der Waals surface area contributed by atoms with Gasteiger partial charge in [-0.3, -0.25) is 14.3 Å². The highest BCUT2D eigenvalue weighted by atomic mass is 16.2. The van der Waals surface area contributed by atoms with E-state index >= 15 is 0 Å². The fourth-order valence-electron chi connectivity index (χ4n) is 1.77. The van der Waals surface area contributed by atoms with Gasteiger partial charge in [-0.1, -0.05) is 0 Å². The largest absolute Gasteiger partial charge is 0.396 e. The Kier molecular flexibility index (Phi) is 3.69. The molecule has 2 rings (SSSR count). The van der Waals surface area contributed by atoms with E-state index < -0.39 is 0 Å². The van der Waals surface area contributed by atoms with E-state index in [1.165, 1.54) is 10.9 Å². The summed E-state index contributed by atoms with van der Waals surface area (Å²) in [6.07, 6.45) is 1.42. The summed E-state index contributed by atoms with van der Waals surface area (Å²) in [6, 6.07) is 6.55. The van der Waals surface area contributed by atoms with Gasteiger partial charge < -0.3 is 16.4 Å². The van der Waals surface area contributed by atoms with Gasteiger partial charge in [-0.05, 0) is 24.3 Å². The minimum Gasteiger partial charge on any atom is -0.396 e. The molecular weight excluding hydrogens is 258 g/mol. The molecule has 2 amide bonds. The van der Waals surface area contributed by atoms with Gasteiger partial charge >= 0.3 is 0 Å². The maximum atomic E-state index is 12.1. The molecule has 1 aromatic carbocycles. The van der Waals surface area contributed by atoms with Gasteiger partial charge in [0.15, 0.2) is 0 Å². The van der Waals surface area contributed by atoms with Crippen LogP contribution in [0.3, 0.4) is 0 Å². The summed E-state index contributed by atoms with van der Waals surface area (Å²) in [5.41, 5.74) is 7.38. The molecular formula is C13H15N5O2. The first kappa shape index (κ1) is 13.6. The first-order chi connectivity index (χ1) is 9.52. The predicted molar refractivity (Wildman–Crippen MR) is 75.4 cm³/mol. The Labute approximate surface area is 115 Å². The van der Waals surface area contributed by atoms with E-state index in [2.05, 4.69) is 15.7 Å². The summed E-state index contributed by atoms with van der Waals surface area (Å²) in [7, 11) is 3.20. The van der Waals surface area contributed by atoms with E-state index in [4.69, 9.17) is 5.73 Å². The molecule has 0 aliphatic carbocycles. The molecule has 0 radical (unpaired) electrons. The molecule has 0 atom stereocenters. The highest BCUT2D eigenvalue weighted by molar-refractivity contribution is 6.06. The monoisotopic (exact) mass is 273 g/mol. The smallest absolute Gasteiger partial charge is 0.276 e. The van der Waals surface area contributed by atoms with E-state index in [1.807, 2.05) is 0 Å². The van der Waals surface area contributed by atoms with E-state index in [-0.39, 0.29) is 11.8 Å². The Morgan fingerprint density at radius 2 is 1.85 bits per heavy atom. The van der Waals surface area contributed by atoms with Crippen LogP contribution in [0.4, 0.5) is 11.4 Å². The number of nitrogens with two attached hydrogens (primary N) is 1. The summed E-state index contributed by atoms with van der Waals surface area (Å²) in [5, 5.41) is 9.13. The van der Waals surface area contributed by atoms with Crippen molar-refractivity contribution in [2.45, 2.75) is 0 Å². The van der Waals surface area contributed by atoms with Crippen molar-refractivity contribution in [1.29, 1.82) is 0 Å². The van der Waals surface area contributed by atoms with Crippen molar-refractivity contribution in [1.82, 2.24) is 15.1 Å². The van der Waals surface area contributed by atoms with Crippen LogP contribution >= 0.6 is 0 Å². The molecule has 7 heteroatoms. The molecule has 20 heavy (non-hydrogen) atoms. The number of carbonyl (C=O) groups is 2. The first-order valence-corrected chi connectivity index (χ1v) is 5.94. The third kappa shape index (κ3) is 2.61. The third-order valence-electron chi connectivity index (χ3n) is 2.81. The van der Waals surface area contributed by atoms with Crippen LogP contribution < -0.4 is 16.4 Å². The van der Waals surface area contributed by atoms with Gasteiger partial charge in [0, 0.05) is 25.3 Å². The Morgan fingerprint density at radius 1 is 1.20 bits per heavy atom. The van der Waals surface area contributed by atoms with Crippen LogP contribution in [0.25, 0.3) is 0 Å². The third-order valence-corrected chi connectivity index (χ3v) is 2.81. The summed E-state index contributed by atoms with van der Waals surface area (Å²) in [6.45, 7) is 0. The second-order valence-corrected chi connectivity index (χ2v) is 4.18. The number of aryl methyl sites for hydroxylation is 1. The molecule has 104 valence electrons. The molecule has 0 fully saturated rings. The maximum Gasteiger partial charge on any atom is 0.276 e. The van der Waals surface area contributed by atoms with Gasteiger partial charge in [-0.2, -0.15) is 5.10 Å². The zero-order valence-corrected chi connectivity index (χ0v) is 11.2. The summed E-state index contributed by atoms with van der Waals surface area (Å²) in [4.78, 5) is 23.5. The summed E-state index contributed by atoms with van der Waals surface area (Å²) >= 11 is 0. The van der Waals surface area contributed by atoms with Gasteiger partial charge in [0.1, 0.15) is 5.69 Å². The number of amides is 2. The second-order valence-electron chi connectivity index (χ2n) is 4.18. The normalized spacial score (nSPS) is 10.1.